The summed E-state index contributed by atoms with van der Waals surface area (Å²) in [4.78, 5) is 17.0. The number of ether oxygens (including phenoxy) is 1. The van der Waals surface area contributed by atoms with Crippen LogP contribution < -0.4 is 14.8 Å². The number of fused-ring (bicyclic) bond motifs is 1. The van der Waals surface area contributed by atoms with Gasteiger partial charge in [-0.1, -0.05) is 23.7 Å². The van der Waals surface area contributed by atoms with Gasteiger partial charge >= 0.3 is 0 Å². The molecule has 0 aliphatic carbocycles. The quantitative estimate of drug-likeness (QED) is 0.442. The molecular weight excluding hydrogens is 454 g/mol. The smallest absolute Gasteiger partial charge is 0.265 e. The number of benzene rings is 2. The van der Waals surface area contributed by atoms with Gasteiger partial charge in [0.15, 0.2) is 5.65 Å². The molecule has 4 aromatic rings. The van der Waals surface area contributed by atoms with Crippen molar-refractivity contribution < 1.29 is 17.9 Å². The molecule has 11 heteroatoms. The second-order valence-electron chi connectivity index (χ2n) is 6.75. The summed E-state index contributed by atoms with van der Waals surface area (Å²) in [5.41, 5.74) is 1.65. The first-order valence-corrected chi connectivity index (χ1v) is 11.2. The standard InChI is InChI=1S/C21H18ClN5O4S/c1-13-19(20-23-10-5-11-27(20)25-13)21(28)24-14-8-9-17(31-2)18(12-14)32(29,30)26-16-7-4-3-6-15(16)22/h3-12,26H,1-2H3,(H,24,28). The Bertz CT molecular complexity index is 1440. The van der Waals surface area contributed by atoms with Crippen LogP contribution in [0.2, 0.25) is 5.02 Å². The number of hydrogen-bond donors (Lipinski definition) is 2. The molecule has 0 bridgehead atoms. The molecule has 9 nitrogen and oxygen atoms in total. The van der Waals surface area contributed by atoms with Gasteiger partial charge in [-0.05, 0) is 43.3 Å². The van der Waals surface area contributed by atoms with Crippen LogP contribution >= 0.6 is 11.6 Å². The molecule has 0 atom stereocenters. The number of sulfonamides is 1. The lowest BCUT2D eigenvalue weighted by Gasteiger charge is -2.14. The van der Waals surface area contributed by atoms with Crippen LogP contribution in [0.4, 0.5) is 11.4 Å². The van der Waals surface area contributed by atoms with Gasteiger partial charge in [-0.3, -0.25) is 9.52 Å². The van der Waals surface area contributed by atoms with Gasteiger partial charge in [-0.25, -0.2) is 17.9 Å². The molecule has 164 valence electrons. The molecule has 2 N–H and O–H groups in total. The Kier molecular flexibility index (Phi) is 5.72. The van der Waals surface area contributed by atoms with Gasteiger partial charge in [-0.2, -0.15) is 5.10 Å². The molecule has 0 radical (unpaired) electrons. The average molecular weight is 472 g/mol. The Hall–Kier alpha value is -3.63. The van der Waals surface area contributed by atoms with Crippen molar-refractivity contribution in [3.8, 4) is 5.75 Å². The normalized spacial score (nSPS) is 11.3. The molecule has 0 saturated carbocycles. The minimum absolute atomic E-state index is 0.108. The fourth-order valence-corrected chi connectivity index (χ4v) is 4.68. The summed E-state index contributed by atoms with van der Waals surface area (Å²) in [5, 5.41) is 7.23. The predicted octanol–water partition coefficient (Wildman–Crippen LogP) is 3.75. The zero-order valence-corrected chi connectivity index (χ0v) is 18.6. The van der Waals surface area contributed by atoms with Crippen LogP contribution in [-0.2, 0) is 10.0 Å². The summed E-state index contributed by atoms with van der Waals surface area (Å²) in [7, 11) is -2.72. The number of hydrogen-bond acceptors (Lipinski definition) is 6. The Morgan fingerprint density at radius 3 is 2.69 bits per heavy atom. The fourth-order valence-electron chi connectivity index (χ4n) is 3.16. The predicted molar refractivity (Wildman–Crippen MR) is 121 cm³/mol. The van der Waals surface area contributed by atoms with Crippen LogP contribution in [0.25, 0.3) is 5.65 Å². The molecule has 2 aromatic heterocycles. The molecule has 0 unspecified atom stereocenters. The van der Waals surface area contributed by atoms with E-state index in [1.54, 1.807) is 55.7 Å². The van der Waals surface area contributed by atoms with Gasteiger partial charge in [-0.15, -0.1) is 0 Å². The van der Waals surface area contributed by atoms with Crippen LogP contribution in [0.1, 0.15) is 16.1 Å². The fraction of sp³-hybridized carbons (Fsp3) is 0.0952. The highest BCUT2D eigenvalue weighted by Gasteiger charge is 2.23. The van der Waals surface area contributed by atoms with Crippen LogP contribution in [0, 0.1) is 6.92 Å². The molecule has 32 heavy (non-hydrogen) atoms. The SMILES string of the molecule is COc1ccc(NC(=O)c2c(C)nn3cccnc23)cc1S(=O)(=O)Nc1ccccc1Cl. The number of halogens is 1. The average Bonchev–Trinajstić information content (AvgIpc) is 3.11. The van der Waals surface area contributed by atoms with Crippen molar-refractivity contribution in [2.75, 3.05) is 17.1 Å². The molecule has 0 aliphatic rings. The molecule has 2 heterocycles. The lowest BCUT2D eigenvalue weighted by Crippen LogP contribution is -2.16. The number of carbonyl (C=O) groups excluding carboxylic acids is 1. The monoisotopic (exact) mass is 471 g/mol. The van der Waals surface area contributed by atoms with Crippen molar-refractivity contribution in [3.63, 3.8) is 0 Å². The highest BCUT2D eigenvalue weighted by atomic mass is 35.5. The Morgan fingerprint density at radius 2 is 1.94 bits per heavy atom. The lowest BCUT2D eigenvalue weighted by atomic mass is 10.2. The van der Waals surface area contributed by atoms with E-state index in [9.17, 15) is 13.2 Å². The van der Waals surface area contributed by atoms with Gasteiger partial charge in [0.05, 0.1) is 23.5 Å². The minimum atomic E-state index is -4.07. The Morgan fingerprint density at radius 1 is 1.16 bits per heavy atom. The first-order valence-electron chi connectivity index (χ1n) is 9.37. The van der Waals surface area contributed by atoms with Gasteiger partial charge in [0.2, 0.25) is 0 Å². The van der Waals surface area contributed by atoms with Crippen molar-refractivity contribution in [3.05, 3.63) is 77.2 Å². The number of nitrogens with one attached hydrogen (secondary N) is 2. The Labute approximate surface area is 189 Å². The third kappa shape index (κ3) is 4.10. The summed E-state index contributed by atoms with van der Waals surface area (Å²) in [6, 6.07) is 12.5. The number of amides is 1. The van der Waals surface area contributed by atoms with E-state index >= 15 is 0 Å². The number of anilines is 2. The number of para-hydroxylation sites is 1. The molecule has 2 aromatic carbocycles. The van der Waals surface area contributed by atoms with Gasteiger partial charge in [0, 0.05) is 18.1 Å². The van der Waals surface area contributed by atoms with E-state index < -0.39 is 15.9 Å². The minimum Gasteiger partial charge on any atom is -0.495 e. The van der Waals surface area contributed by atoms with Gasteiger partial charge in [0.1, 0.15) is 16.2 Å². The third-order valence-electron chi connectivity index (χ3n) is 4.63. The number of carbonyl (C=O) groups is 1. The second-order valence-corrected chi connectivity index (χ2v) is 8.81. The molecule has 0 saturated heterocycles. The van der Waals surface area contributed by atoms with E-state index in [4.69, 9.17) is 16.3 Å². The molecular formula is C21H18ClN5O4S. The van der Waals surface area contributed by atoms with Crippen LogP contribution in [0.15, 0.2) is 65.8 Å². The Balaban J connectivity index is 1.68. The molecule has 0 spiro atoms. The van der Waals surface area contributed by atoms with E-state index in [0.29, 0.717) is 16.9 Å². The van der Waals surface area contributed by atoms with E-state index in [2.05, 4.69) is 20.1 Å². The van der Waals surface area contributed by atoms with Crippen molar-refractivity contribution in [1.82, 2.24) is 14.6 Å². The highest BCUT2D eigenvalue weighted by Crippen LogP contribution is 2.31. The number of aromatic nitrogens is 3. The first-order chi connectivity index (χ1) is 15.3. The zero-order chi connectivity index (χ0) is 22.9. The van der Waals surface area contributed by atoms with E-state index in [0.717, 1.165) is 0 Å². The largest absolute Gasteiger partial charge is 0.495 e. The van der Waals surface area contributed by atoms with Crippen LogP contribution in [0.3, 0.4) is 0 Å². The first kappa shape index (κ1) is 21.6. The summed E-state index contributed by atoms with van der Waals surface area (Å²) < 4.78 is 35.3. The molecule has 1 amide bonds. The highest BCUT2D eigenvalue weighted by molar-refractivity contribution is 7.92. The maximum atomic E-state index is 13.0. The number of methoxy groups -OCH3 is 1. The van der Waals surface area contributed by atoms with Gasteiger partial charge in [0.25, 0.3) is 15.9 Å². The van der Waals surface area contributed by atoms with Crippen LogP contribution in [-0.4, -0.2) is 36.0 Å². The molecule has 0 fully saturated rings. The van der Waals surface area contributed by atoms with E-state index in [1.165, 1.54) is 23.8 Å². The van der Waals surface area contributed by atoms with E-state index in [1.807, 2.05) is 0 Å². The van der Waals surface area contributed by atoms with Gasteiger partial charge < -0.3 is 10.1 Å². The maximum absolute atomic E-state index is 13.0. The second kappa shape index (κ2) is 8.48. The lowest BCUT2D eigenvalue weighted by molar-refractivity contribution is 0.102. The molecule has 4 rings (SSSR count). The topological polar surface area (TPSA) is 115 Å². The van der Waals surface area contributed by atoms with Crippen molar-refractivity contribution in [2.24, 2.45) is 0 Å². The summed E-state index contributed by atoms with van der Waals surface area (Å²) in [6.07, 6.45) is 3.25. The number of rotatable bonds is 6. The van der Waals surface area contributed by atoms with Crippen molar-refractivity contribution in [1.29, 1.82) is 0 Å². The summed E-state index contributed by atoms with van der Waals surface area (Å²) in [6.45, 7) is 1.70. The van der Waals surface area contributed by atoms with Crippen LogP contribution in [0.5, 0.6) is 5.75 Å². The third-order valence-corrected chi connectivity index (χ3v) is 6.34. The van der Waals surface area contributed by atoms with Crippen molar-refractivity contribution >= 4 is 44.6 Å². The number of nitrogens with zero attached hydrogens (tertiary/aromatic N) is 3. The van der Waals surface area contributed by atoms with E-state index in [-0.39, 0.29) is 27.0 Å². The van der Waals surface area contributed by atoms with Crippen molar-refractivity contribution in [2.45, 2.75) is 11.8 Å². The zero-order valence-electron chi connectivity index (χ0n) is 17.0. The summed E-state index contributed by atoms with van der Waals surface area (Å²) >= 11 is 6.08. The summed E-state index contributed by atoms with van der Waals surface area (Å²) in [5.74, 6) is -0.361. The maximum Gasteiger partial charge on any atom is 0.265 e. The number of aryl methyl sites for hydroxylation is 1. The molecule has 0 aliphatic heterocycles.